The van der Waals surface area contributed by atoms with Crippen molar-refractivity contribution in [3.05, 3.63) is 0 Å². The fraction of sp³-hybridized carbons (Fsp3) is 0.750. The van der Waals surface area contributed by atoms with Crippen LogP contribution < -0.4 is 0 Å². The van der Waals surface area contributed by atoms with E-state index in [-0.39, 0.29) is 18.9 Å². The molecule has 0 saturated heterocycles. The average Bonchev–Trinajstić information content (AvgIpc) is 2.31. The number of hydrogen-bond donors (Lipinski definition) is 1. The Balaban J connectivity index is 4.61. The van der Waals surface area contributed by atoms with E-state index in [1.54, 1.807) is 0 Å². The van der Waals surface area contributed by atoms with Crippen LogP contribution in [-0.2, 0) is 19.1 Å². The van der Waals surface area contributed by atoms with E-state index in [4.69, 9.17) is 5.11 Å². The molecule has 0 heterocycles. The molecule has 18 heavy (non-hydrogen) atoms. The first-order chi connectivity index (χ1) is 8.29. The van der Waals surface area contributed by atoms with Crippen LogP contribution in [0, 0.1) is 11.8 Å². The number of aliphatic carboxylic acids is 1. The molecule has 0 aromatic heterocycles. The minimum absolute atomic E-state index is 0.0707. The van der Waals surface area contributed by atoms with E-state index in [9.17, 15) is 14.4 Å². The quantitative estimate of drug-likeness (QED) is 0.539. The van der Waals surface area contributed by atoms with Crippen LogP contribution in [0.25, 0.3) is 0 Å². The van der Waals surface area contributed by atoms with E-state index >= 15 is 0 Å². The van der Waals surface area contributed by atoms with Gasteiger partial charge in [0.1, 0.15) is 5.92 Å². The third-order valence-electron chi connectivity index (χ3n) is 2.45. The van der Waals surface area contributed by atoms with Gasteiger partial charge in [-0.25, -0.2) is 0 Å². The molecule has 6 heteroatoms. The molecule has 0 aromatic rings. The summed E-state index contributed by atoms with van der Waals surface area (Å²) in [6, 6.07) is 0. The van der Waals surface area contributed by atoms with Crippen molar-refractivity contribution >= 4 is 17.8 Å². The van der Waals surface area contributed by atoms with Gasteiger partial charge in [0.15, 0.2) is 0 Å². The Morgan fingerprint density at radius 3 is 2.17 bits per heavy atom. The first-order valence-electron chi connectivity index (χ1n) is 5.88. The molecule has 1 amide bonds. The van der Waals surface area contributed by atoms with Crippen molar-refractivity contribution in [2.75, 3.05) is 20.2 Å². The molecule has 1 unspecified atom stereocenters. The highest BCUT2D eigenvalue weighted by Crippen LogP contribution is 2.08. The lowest BCUT2D eigenvalue weighted by molar-refractivity contribution is -0.150. The minimum atomic E-state index is -1.16. The van der Waals surface area contributed by atoms with Gasteiger partial charge in [0.2, 0.25) is 5.91 Å². The highest BCUT2D eigenvalue weighted by molar-refractivity contribution is 5.96. The summed E-state index contributed by atoms with van der Waals surface area (Å²) in [5.74, 6) is -2.94. The molecule has 1 atom stereocenters. The second kappa shape index (κ2) is 7.68. The Morgan fingerprint density at radius 2 is 1.78 bits per heavy atom. The van der Waals surface area contributed by atoms with E-state index in [0.29, 0.717) is 6.54 Å². The lowest BCUT2D eigenvalue weighted by Gasteiger charge is -2.25. The summed E-state index contributed by atoms with van der Waals surface area (Å²) in [7, 11) is 1.27. The van der Waals surface area contributed by atoms with Crippen LogP contribution in [0.2, 0.25) is 0 Å². The monoisotopic (exact) mass is 259 g/mol. The number of rotatable bonds is 7. The summed E-state index contributed by atoms with van der Waals surface area (Å²) < 4.78 is 4.50. The zero-order valence-electron chi connectivity index (χ0n) is 11.3. The van der Waals surface area contributed by atoms with Crippen LogP contribution in [0.4, 0.5) is 0 Å². The second-order valence-corrected chi connectivity index (χ2v) is 4.56. The van der Waals surface area contributed by atoms with Crippen molar-refractivity contribution < 1.29 is 24.2 Å². The topological polar surface area (TPSA) is 83.9 Å². The van der Waals surface area contributed by atoms with Gasteiger partial charge in [-0.3, -0.25) is 14.4 Å². The smallest absolute Gasteiger partial charge is 0.315 e. The predicted octanol–water partition coefficient (Wildman–Crippen LogP) is 0.755. The van der Waals surface area contributed by atoms with Gasteiger partial charge in [-0.2, -0.15) is 0 Å². The zero-order chi connectivity index (χ0) is 14.3. The van der Waals surface area contributed by atoms with E-state index in [2.05, 4.69) is 4.74 Å². The first-order valence-corrected chi connectivity index (χ1v) is 5.88. The SMILES string of the molecule is COC(=O)CCN(CC(C)C)C(=O)C(C)C(=O)O. The standard InChI is InChI=1S/C12H21NO5/c1-8(2)7-13(6-5-10(14)18-4)11(15)9(3)12(16)17/h8-9H,5-7H2,1-4H3,(H,16,17). The Morgan fingerprint density at radius 1 is 1.22 bits per heavy atom. The van der Waals surface area contributed by atoms with Crippen molar-refractivity contribution in [1.29, 1.82) is 0 Å². The second-order valence-electron chi connectivity index (χ2n) is 4.56. The number of nitrogens with zero attached hydrogens (tertiary/aromatic N) is 1. The van der Waals surface area contributed by atoms with Crippen LogP contribution in [0.3, 0.4) is 0 Å². The van der Waals surface area contributed by atoms with Gasteiger partial charge < -0.3 is 14.7 Å². The van der Waals surface area contributed by atoms with Crippen molar-refractivity contribution in [3.63, 3.8) is 0 Å². The molecule has 0 fully saturated rings. The Hall–Kier alpha value is -1.59. The average molecular weight is 259 g/mol. The summed E-state index contributed by atoms with van der Waals surface area (Å²) in [5, 5.41) is 8.82. The van der Waals surface area contributed by atoms with E-state index in [0.717, 1.165) is 0 Å². The molecule has 0 aliphatic rings. The largest absolute Gasteiger partial charge is 0.481 e. The molecular formula is C12H21NO5. The Labute approximate surface area is 107 Å². The highest BCUT2D eigenvalue weighted by Gasteiger charge is 2.26. The van der Waals surface area contributed by atoms with Crippen molar-refractivity contribution in [3.8, 4) is 0 Å². The van der Waals surface area contributed by atoms with E-state index in [1.807, 2.05) is 13.8 Å². The minimum Gasteiger partial charge on any atom is -0.481 e. The lowest BCUT2D eigenvalue weighted by Crippen LogP contribution is -2.41. The van der Waals surface area contributed by atoms with Gasteiger partial charge in [0, 0.05) is 13.1 Å². The van der Waals surface area contributed by atoms with Gasteiger partial charge in [-0.1, -0.05) is 13.8 Å². The Kier molecular flexibility index (Phi) is 7.00. The molecule has 1 N–H and O–H groups in total. The third-order valence-corrected chi connectivity index (χ3v) is 2.45. The predicted molar refractivity (Wildman–Crippen MR) is 64.9 cm³/mol. The number of carbonyl (C=O) groups is 3. The molecule has 104 valence electrons. The van der Waals surface area contributed by atoms with E-state index < -0.39 is 23.8 Å². The number of hydrogen-bond acceptors (Lipinski definition) is 4. The van der Waals surface area contributed by atoms with Crippen LogP contribution in [-0.4, -0.2) is 48.1 Å². The number of esters is 1. The van der Waals surface area contributed by atoms with Crippen LogP contribution in [0.1, 0.15) is 27.2 Å². The van der Waals surface area contributed by atoms with Gasteiger partial charge in [0.05, 0.1) is 13.5 Å². The fourth-order valence-corrected chi connectivity index (χ4v) is 1.44. The molecule has 0 radical (unpaired) electrons. The van der Waals surface area contributed by atoms with E-state index in [1.165, 1.54) is 18.9 Å². The number of methoxy groups -OCH3 is 1. The molecule has 0 saturated carbocycles. The van der Waals surface area contributed by atoms with Gasteiger partial charge in [-0.05, 0) is 12.8 Å². The van der Waals surface area contributed by atoms with Crippen LogP contribution in [0.5, 0.6) is 0 Å². The van der Waals surface area contributed by atoms with Gasteiger partial charge >= 0.3 is 11.9 Å². The number of carboxylic acids is 1. The molecule has 6 nitrogen and oxygen atoms in total. The number of carbonyl (C=O) groups excluding carboxylic acids is 2. The molecule has 0 rings (SSSR count). The normalized spacial score (nSPS) is 12.1. The molecule has 0 aliphatic heterocycles. The maximum absolute atomic E-state index is 11.9. The maximum atomic E-state index is 11.9. The van der Waals surface area contributed by atoms with Gasteiger partial charge in [0.25, 0.3) is 0 Å². The Bertz CT molecular complexity index is 314. The number of ether oxygens (including phenoxy) is 1. The number of carboxylic acid groups (broad SMARTS) is 1. The zero-order valence-corrected chi connectivity index (χ0v) is 11.3. The lowest BCUT2D eigenvalue weighted by atomic mass is 10.1. The summed E-state index contributed by atoms with van der Waals surface area (Å²) in [5.41, 5.74) is 0. The summed E-state index contributed by atoms with van der Waals surface area (Å²) >= 11 is 0. The fourth-order valence-electron chi connectivity index (χ4n) is 1.44. The van der Waals surface area contributed by atoms with Crippen molar-refractivity contribution in [1.82, 2.24) is 4.90 Å². The maximum Gasteiger partial charge on any atom is 0.315 e. The third kappa shape index (κ3) is 5.65. The summed E-state index contributed by atoms with van der Waals surface area (Å²) in [4.78, 5) is 35.2. The van der Waals surface area contributed by atoms with Crippen molar-refractivity contribution in [2.24, 2.45) is 11.8 Å². The first kappa shape index (κ1) is 16.4. The molecule has 0 aromatic carbocycles. The molecule has 0 spiro atoms. The van der Waals surface area contributed by atoms with Gasteiger partial charge in [-0.15, -0.1) is 0 Å². The summed E-state index contributed by atoms with van der Waals surface area (Å²) in [6.45, 7) is 5.79. The number of amides is 1. The van der Waals surface area contributed by atoms with Crippen LogP contribution >= 0.6 is 0 Å². The molecular weight excluding hydrogens is 238 g/mol. The van der Waals surface area contributed by atoms with Crippen molar-refractivity contribution in [2.45, 2.75) is 27.2 Å². The van der Waals surface area contributed by atoms with Crippen LogP contribution in [0.15, 0.2) is 0 Å². The molecule has 0 aliphatic carbocycles. The molecule has 0 bridgehead atoms. The summed E-state index contributed by atoms with van der Waals surface area (Å²) in [6.07, 6.45) is 0.0707. The highest BCUT2D eigenvalue weighted by atomic mass is 16.5.